The second-order valence-electron chi connectivity index (χ2n) is 6.90. The lowest BCUT2D eigenvalue weighted by Gasteiger charge is -2.36. The standard InChI is InChI=1S/C18H20F3N7/c1-10-6-13(18(19,20)21)15(17(24)27-10)16(23)11-2-4-28(5-3-11)14-9-25-12(7-22)8-26-14/h8-9,11,13,23,27H,1-6,24H2. The zero-order valence-electron chi connectivity index (χ0n) is 15.1. The van der Waals surface area contributed by atoms with Crippen molar-refractivity contribution in [2.24, 2.45) is 17.6 Å². The molecule has 148 valence electrons. The highest BCUT2D eigenvalue weighted by Gasteiger charge is 2.47. The van der Waals surface area contributed by atoms with Gasteiger partial charge in [0.1, 0.15) is 17.7 Å². The monoisotopic (exact) mass is 391 g/mol. The molecule has 0 amide bonds. The Morgan fingerprint density at radius 2 is 2.00 bits per heavy atom. The summed E-state index contributed by atoms with van der Waals surface area (Å²) in [7, 11) is 0. The fourth-order valence-electron chi connectivity index (χ4n) is 3.62. The van der Waals surface area contributed by atoms with Gasteiger partial charge in [-0.25, -0.2) is 9.97 Å². The Balaban J connectivity index is 1.72. The molecule has 0 aliphatic carbocycles. The highest BCUT2D eigenvalue weighted by Crippen LogP contribution is 2.41. The minimum absolute atomic E-state index is 0.0645. The lowest BCUT2D eigenvalue weighted by Crippen LogP contribution is -2.43. The highest BCUT2D eigenvalue weighted by molar-refractivity contribution is 6.01. The number of nitrogens with two attached hydrogens (primary N) is 1. The summed E-state index contributed by atoms with van der Waals surface area (Å²) in [5.74, 6) is -1.67. The number of nitrogens with one attached hydrogen (secondary N) is 2. The minimum Gasteiger partial charge on any atom is -0.385 e. The number of alkyl halides is 3. The third-order valence-electron chi connectivity index (χ3n) is 5.07. The number of aromatic nitrogens is 2. The lowest BCUT2D eigenvalue weighted by molar-refractivity contribution is -0.163. The van der Waals surface area contributed by atoms with Crippen LogP contribution in [0.3, 0.4) is 0 Å². The Hall–Kier alpha value is -3.09. The quantitative estimate of drug-likeness (QED) is 0.682. The first kappa shape index (κ1) is 19.7. The molecule has 1 fully saturated rings. The van der Waals surface area contributed by atoms with E-state index in [0.29, 0.717) is 31.7 Å². The molecule has 0 bridgehead atoms. The summed E-state index contributed by atoms with van der Waals surface area (Å²) < 4.78 is 40.5. The average Bonchev–Trinajstić information content (AvgIpc) is 2.66. The fourth-order valence-corrected chi connectivity index (χ4v) is 3.62. The van der Waals surface area contributed by atoms with Gasteiger partial charge in [0.25, 0.3) is 0 Å². The molecule has 3 heterocycles. The predicted molar refractivity (Wildman–Crippen MR) is 97.1 cm³/mol. The molecular weight excluding hydrogens is 371 g/mol. The maximum absolute atomic E-state index is 13.5. The summed E-state index contributed by atoms with van der Waals surface area (Å²) in [6.45, 7) is 4.61. The van der Waals surface area contributed by atoms with Crippen molar-refractivity contribution in [3.05, 3.63) is 41.8 Å². The molecule has 4 N–H and O–H groups in total. The summed E-state index contributed by atoms with van der Waals surface area (Å²) in [4.78, 5) is 10.1. The van der Waals surface area contributed by atoms with Crippen LogP contribution in [0.25, 0.3) is 0 Å². The van der Waals surface area contributed by atoms with E-state index in [4.69, 9.17) is 16.4 Å². The topological polar surface area (TPSA) is 115 Å². The van der Waals surface area contributed by atoms with Crippen LogP contribution in [0.4, 0.5) is 19.0 Å². The molecule has 0 saturated carbocycles. The van der Waals surface area contributed by atoms with E-state index in [9.17, 15) is 13.2 Å². The molecule has 28 heavy (non-hydrogen) atoms. The van der Waals surface area contributed by atoms with Gasteiger partial charge >= 0.3 is 6.18 Å². The second kappa shape index (κ2) is 7.50. The van der Waals surface area contributed by atoms with Crippen molar-refractivity contribution in [2.75, 3.05) is 18.0 Å². The minimum atomic E-state index is -4.49. The zero-order valence-corrected chi connectivity index (χ0v) is 15.1. The average molecular weight is 391 g/mol. The fraction of sp³-hybridized carbons (Fsp3) is 0.444. The van der Waals surface area contributed by atoms with Crippen molar-refractivity contribution in [3.8, 4) is 6.07 Å². The Kier molecular flexibility index (Phi) is 5.27. The van der Waals surface area contributed by atoms with Crippen molar-refractivity contribution < 1.29 is 13.2 Å². The van der Waals surface area contributed by atoms with Gasteiger partial charge in [-0.05, 0) is 12.8 Å². The summed E-state index contributed by atoms with van der Waals surface area (Å²) >= 11 is 0. The molecular formula is C18H20F3N7. The van der Waals surface area contributed by atoms with Crippen molar-refractivity contribution in [1.82, 2.24) is 15.3 Å². The molecule has 1 aromatic rings. The molecule has 1 aromatic heterocycles. The van der Waals surface area contributed by atoms with Crippen LogP contribution in [0.2, 0.25) is 0 Å². The van der Waals surface area contributed by atoms with Crippen LogP contribution in [0, 0.1) is 28.6 Å². The summed E-state index contributed by atoms with van der Waals surface area (Å²) in [6, 6.07) is 1.90. The third kappa shape index (κ3) is 3.93. The van der Waals surface area contributed by atoms with E-state index in [1.165, 1.54) is 12.4 Å². The molecule has 1 saturated heterocycles. The zero-order chi connectivity index (χ0) is 20.5. The van der Waals surface area contributed by atoms with E-state index < -0.39 is 12.1 Å². The van der Waals surface area contributed by atoms with Crippen LogP contribution in [0.5, 0.6) is 0 Å². The predicted octanol–water partition coefficient (Wildman–Crippen LogP) is 2.44. The van der Waals surface area contributed by atoms with Crippen LogP contribution >= 0.6 is 0 Å². The SMILES string of the molecule is C=C1CC(C(F)(F)F)C(C(=N)C2CCN(c3cnc(C#N)cn3)CC2)=C(N)N1. The van der Waals surface area contributed by atoms with Gasteiger partial charge in [-0.1, -0.05) is 6.58 Å². The maximum atomic E-state index is 13.5. The summed E-state index contributed by atoms with van der Waals surface area (Å²) in [5, 5.41) is 19.9. The van der Waals surface area contributed by atoms with Crippen LogP contribution in [0.15, 0.2) is 36.1 Å². The smallest absolute Gasteiger partial charge is 0.385 e. The molecule has 0 radical (unpaired) electrons. The van der Waals surface area contributed by atoms with Gasteiger partial charge in [0.15, 0.2) is 5.69 Å². The molecule has 0 spiro atoms. The molecule has 1 atom stereocenters. The number of rotatable bonds is 3. The number of anilines is 1. The van der Waals surface area contributed by atoms with Crippen molar-refractivity contribution >= 4 is 11.5 Å². The molecule has 7 nitrogen and oxygen atoms in total. The molecule has 1 unspecified atom stereocenters. The van der Waals surface area contributed by atoms with Gasteiger partial charge in [-0.3, -0.25) is 0 Å². The van der Waals surface area contributed by atoms with E-state index in [1.54, 1.807) is 0 Å². The van der Waals surface area contributed by atoms with Gasteiger partial charge in [0, 0.05) is 42.4 Å². The first-order valence-electron chi connectivity index (χ1n) is 8.77. The van der Waals surface area contributed by atoms with E-state index in [-0.39, 0.29) is 40.8 Å². The number of nitrogens with zero attached hydrogens (tertiary/aromatic N) is 4. The summed E-state index contributed by atoms with van der Waals surface area (Å²) in [6.07, 6.45) is -0.923. The Bertz CT molecular complexity index is 843. The number of allylic oxidation sites excluding steroid dienone is 2. The first-order valence-corrected chi connectivity index (χ1v) is 8.77. The van der Waals surface area contributed by atoms with Gasteiger partial charge in [0.05, 0.1) is 18.3 Å². The Morgan fingerprint density at radius 1 is 1.32 bits per heavy atom. The number of nitriles is 1. The maximum Gasteiger partial charge on any atom is 0.396 e. The van der Waals surface area contributed by atoms with E-state index in [1.807, 2.05) is 11.0 Å². The molecule has 2 aliphatic rings. The normalized spacial score (nSPS) is 21.3. The Labute approximate surface area is 160 Å². The van der Waals surface area contributed by atoms with Gasteiger partial charge < -0.3 is 21.4 Å². The Morgan fingerprint density at radius 3 is 2.54 bits per heavy atom. The van der Waals surface area contributed by atoms with Crippen LogP contribution in [0.1, 0.15) is 25.0 Å². The molecule has 2 aliphatic heterocycles. The van der Waals surface area contributed by atoms with Crippen LogP contribution in [-0.2, 0) is 0 Å². The molecule has 10 heteroatoms. The van der Waals surface area contributed by atoms with Gasteiger partial charge in [-0.15, -0.1) is 0 Å². The van der Waals surface area contributed by atoms with Crippen molar-refractivity contribution in [1.29, 1.82) is 10.7 Å². The largest absolute Gasteiger partial charge is 0.396 e. The van der Waals surface area contributed by atoms with Crippen molar-refractivity contribution in [3.63, 3.8) is 0 Å². The number of piperidine rings is 1. The van der Waals surface area contributed by atoms with Gasteiger partial charge in [-0.2, -0.15) is 18.4 Å². The van der Waals surface area contributed by atoms with E-state index in [2.05, 4.69) is 21.9 Å². The lowest BCUT2D eigenvalue weighted by atomic mass is 9.80. The number of hydrogen-bond acceptors (Lipinski definition) is 7. The van der Waals surface area contributed by atoms with Crippen LogP contribution in [-0.4, -0.2) is 34.9 Å². The molecule has 3 rings (SSSR count). The number of hydrogen-bond donors (Lipinski definition) is 3. The number of halogens is 3. The molecule has 0 aromatic carbocycles. The van der Waals surface area contributed by atoms with E-state index in [0.717, 1.165) is 0 Å². The van der Waals surface area contributed by atoms with Gasteiger partial charge in [0.2, 0.25) is 0 Å². The van der Waals surface area contributed by atoms with Crippen molar-refractivity contribution in [2.45, 2.75) is 25.4 Å². The third-order valence-corrected chi connectivity index (χ3v) is 5.07. The highest BCUT2D eigenvalue weighted by atomic mass is 19.4. The van der Waals surface area contributed by atoms with Crippen LogP contribution < -0.4 is 16.0 Å². The summed E-state index contributed by atoms with van der Waals surface area (Å²) in [5.41, 5.74) is 6.00. The first-order chi connectivity index (χ1) is 13.2. The second-order valence-corrected chi connectivity index (χ2v) is 6.90. The van der Waals surface area contributed by atoms with E-state index >= 15 is 0 Å².